The number of benzene rings is 2. The Bertz CT molecular complexity index is 865. The van der Waals surface area contributed by atoms with E-state index in [0.717, 1.165) is 17.5 Å². The average Bonchev–Trinajstić information content (AvgIpc) is 2.72. The van der Waals surface area contributed by atoms with E-state index in [2.05, 4.69) is 5.32 Å². The van der Waals surface area contributed by atoms with Crippen LogP contribution in [0.2, 0.25) is 0 Å². The lowest BCUT2D eigenvalue weighted by atomic mass is 10.1. The Morgan fingerprint density at radius 2 is 1.96 bits per heavy atom. The molecular weight excluding hydrogens is 356 g/mol. The summed E-state index contributed by atoms with van der Waals surface area (Å²) in [6, 6.07) is 13.0. The van der Waals surface area contributed by atoms with Crippen LogP contribution in [-0.4, -0.2) is 37.6 Å². The van der Waals surface area contributed by atoms with Gasteiger partial charge in [-0.2, -0.15) is 0 Å². The maximum absolute atomic E-state index is 12.9. The average molecular weight is 382 g/mol. The molecule has 0 spiro atoms. The summed E-state index contributed by atoms with van der Waals surface area (Å²) in [5.74, 6) is 0.771. The third kappa shape index (κ3) is 4.27. The Labute approximate surface area is 165 Å². The monoisotopic (exact) mass is 382 g/mol. The van der Waals surface area contributed by atoms with Gasteiger partial charge in [-0.3, -0.25) is 9.59 Å². The number of anilines is 1. The minimum absolute atomic E-state index is 0.109. The first-order valence-electron chi connectivity index (χ1n) is 9.54. The molecule has 3 rings (SSSR count). The van der Waals surface area contributed by atoms with Crippen molar-refractivity contribution in [1.29, 1.82) is 0 Å². The van der Waals surface area contributed by atoms with Crippen LogP contribution in [0.3, 0.4) is 0 Å². The van der Waals surface area contributed by atoms with Crippen molar-refractivity contribution in [2.45, 2.75) is 33.3 Å². The van der Waals surface area contributed by atoms with Crippen LogP contribution in [0.4, 0.5) is 5.69 Å². The van der Waals surface area contributed by atoms with Crippen molar-refractivity contribution in [3.05, 3.63) is 53.6 Å². The van der Waals surface area contributed by atoms with Crippen molar-refractivity contribution in [3.8, 4) is 11.5 Å². The molecule has 6 heteroatoms. The number of carbonyl (C=O) groups excluding carboxylic acids is 2. The van der Waals surface area contributed by atoms with Crippen LogP contribution in [0.25, 0.3) is 0 Å². The number of hydrogen-bond acceptors (Lipinski definition) is 4. The van der Waals surface area contributed by atoms with Gasteiger partial charge in [0, 0.05) is 6.54 Å². The molecule has 1 aliphatic rings. The predicted octanol–water partition coefficient (Wildman–Crippen LogP) is 3.00. The Morgan fingerprint density at radius 1 is 1.18 bits per heavy atom. The number of carbonyl (C=O) groups is 2. The van der Waals surface area contributed by atoms with Crippen molar-refractivity contribution in [2.24, 2.45) is 0 Å². The van der Waals surface area contributed by atoms with Gasteiger partial charge < -0.3 is 19.7 Å². The third-order valence-electron chi connectivity index (χ3n) is 4.82. The molecule has 28 heavy (non-hydrogen) atoms. The van der Waals surface area contributed by atoms with E-state index in [4.69, 9.17) is 9.47 Å². The van der Waals surface area contributed by atoms with Crippen molar-refractivity contribution in [2.75, 3.05) is 24.6 Å². The molecule has 2 aromatic rings. The Balaban J connectivity index is 1.75. The lowest BCUT2D eigenvalue weighted by Crippen LogP contribution is -2.51. The molecule has 0 radical (unpaired) electrons. The van der Waals surface area contributed by atoms with E-state index in [-0.39, 0.29) is 25.0 Å². The molecule has 0 fully saturated rings. The van der Waals surface area contributed by atoms with Gasteiger partial charge in [-0.1, -0.05) is 31.2 Å². The summed E-state index contributed by atoms with van der Waals surface area (Å²) in [6.45, 7) is 6.57. The van der Waals surface area contributed by atoms with Gasteiger partial charge >= 0.3 is 0 Å². The number of nitrogens with one attached hydrogen (secondary N) is 1. The van der Waals surface area contributed by atoms with E-state index < -0.39 is 6.10 Å². The molecule has 1 heterocycles. The molecule has 0 bridgehead atoms. The number of fused-ring (bicyclic) bond motifs is 1. The van der Waals surface area contributed by atoms with E-state index >= 15 is 0 Å². The lowest BCUT2D eigenvalue weighted by molar-refractivity contribution is -0.128. The second-order valence-corrected chi connectivity index (χ2v) is 6.86. The number of ether oxygens (including phenoxy) is 2. The number of nitrogens with zero attached hydrogens (tertiary/aromatic N) is 1. The maximum Gasteiger partial charge on any atom is 0.265 e. The highest BCUT2D eigenvalue weighted by molar-refractivity contribution is 5.98. The van der Waals surface area contributed by atoms with E-state index in [1.54, 1.807) is 11.0 Å². The number of aryl methyl sites for hydroxylation is 1. The van der Waals surface area contributed by atoms with Gasteiger partial charge in [0.2, 0.25) is 0 Å². The molecule has 1 atom stereocenters. The van der Waals surface area contributed by atoms with E-state index in [1.807, 2.05) is 57.2 Å². The molecule has 0 unspecified atom stereocenters. The molecule has 148 valence electrons. The van der Waals surface area contributed by atoms with Gasteiger partial charge in [-0.25, -0.2) is 0 Å². The summed E-state index contributed by atoms with van der Waals surface area (Å²) in [6.07, 6.45) is 0.0904. The van der Waals surface area contributed by atoms with E-state index in [1.165, 1.54) is 0 Å². The largest absolute Gasteiger partial charge is 0.483 e. The smallest absolute Gasteiger partial charge is 0.265 e. The van der Waals surface area contributed by atoms with Gasteiger partial charge in [0.1, 0.15) is 11.5 Å². The summed E-state index contributed by atoms with van der Waals surface area (Å²) in [5, 5.41) is 2.83. The van der Waals surface area contributed by atoms with Gasteiger partial charge in [-0.15, -0.1) is 0 Å². The fourth-order valence-electron chi connectivity index (χ4n) is 3.07. The molecule has 0 aliphatic carbocycles. The van der Waals surface area contributed by atoms with Crippen LogP contribution in [0.5, 0.6) is 11.5 Å². The zero-order chi connectivity index (χ0) is 20.1. The second kappa shape index (κ2) is 8.78. The Morgan fingerprint density at radius 3 is 2.75 bits per heavy atom. The van der Waals surface area contributed by atoms with Crippen LogP contribution >= 0.6 is 0 Å². The highest BCUT2D eigenvalue weighted by Gasteiger charge is 2.33. The summed E-state index contributed by atoms with van der Waals surface area (Å²) in [5.41, 5.74) is 2.76. The van der Waals surface area contributed by atoms with Crippen LogP contribution in [-0.2, 0) is 9.59 Å². The lowest BCUT2D eigenvalue weighted by Gasteiger charge is -2.34. The molecule has 6 nitrogen and oxygen atoms in total. The molecule has 0 saturated heterocycles. The first-order chi connectivity index (χ1) is 13.5. The second-order valence-electron chi connectivity index (χ2n) is 6.86. The van der Waals surface area contributed by atoms with Gasteiger partial charge in [0.15, 0.2) is 12.7 Å². The minimum atomic E-state index is -0.744. The summed E-state index contributed by atoms with van der Waals surface area (Å²) < 4.78 is 11.6. The molecule has 1 aliphatic heterocycles. The molecule has 2 aromatic carbocycles. The van der Waals surface area contributed by atoms with Crippen molar-refractivity contribution < 1.29 is 19.1 Å². The standard InChI is InChI=1S/C22H26N2O4/c1-4-12-23-22(26)20-13-24(17-9-5-6-10-19(17)28-20)21(25)14-27-18-11-7-8-15(2)16(18)3/h5-11,20H,4,12-14H2,1-3H3,(H,23,26)/t20-/m1/s1. The maximum atomic E-state index is 12.9. The van der Waals surface area contributed by atoms with E-state index in [0.29, 0.717) is 23.7 Å². The zero-order valence-electron chi connectivity index (χ0n) is 16.5. The van der Waals surface area contributed by atoms with E-state index in [9.17, 15) is 9.59 Å². The number of para-hydroxylation sites is 2. The molecule has 0 aromatic heterocycles. The van der Waals surface area contributed by atoms with Crippen molar-refractivity contribution in [1.82, 2.24) is 5.32 Å². The van der Waals surface area contributed by atoms with Gasteiger partial charge in [0.05, 0.1) is 12.2 Å². The predicted molar refractivity (Wildman–Crippen MR) is 108 cm³/mol. The fourth-order valence-corrected chi connectivity index (χ4v) is 3.07. The highest BCUT2D eigenvalue weighted by Crippen LogP contribution is 2.33. The first kappa shape index (κ1) is 19.7. The summed E-state index contributed by atoms with van der Waals surface area (Å²) in [7, 11) is 0. The number of rotatable bonds is 6. The van der Waals surface area contributed by atoms with Crippen LogP contribution in [0.15, 0.2) is 42.5 Å². The Kier molecular flexibility index (Phi) is 6.19. The molecule has 0 saturated carbocycles. The SMILES string of the molecule is CCCNC(=O)[C@H]1CN(C(=O)COc2cccc(C)c2C)c2ccccc2O1. The Hall–Kier alpha value is -3.02. The summed E-state index contributed by atoms with van der Waals surface area (Å²) >= 11 is 0. The van der Waals surface area contributed by atoms with Crippen LogP contribution < -0.4 is 19.7 Å². The number of hydrogen-bond donors (Lipinski definition) is 1. The summed E-state index contributed by atoms with van der Waals surface area (Å²) in [4.78, 5) is 26.9. The van der Waals surface area contributed by atoms with Gasteiger partial charge in [0.25, 0.3) is 11.8 Å². The van der Waals surface area contributed by atoms with Crippen molar-refractivity contribution >= 4 is 17.5 Å². The minimum Gasteiger partial charge on any atom is -0.483 e. The van der Waals surface area contributed by atoms with Crippen molar-refractivity contribution in [3.63, 3.8) is 0 Å². The van der Waals surface area contributed by atoms with Crippen LogP contribution in [0.1, 0.15) is 24.5 Å². The highest BCUT2D eigenvalue weighted by atomic mass is 16.5. The third-order valence-corrected chi connectivity index (χ3v) is 4.82. The van der Waals surface area contributed by atoms with Gasteiger partial charge in [-0.05, 0) is 49.6 Å². The molecular formula is C22H26N2O4. The first-order valence-corrected chi connectivity index (χ1v) is 9.54. The molecule has 2 amide bonds. The normalized spacial score (nSPS) is 15.4. The zero-order valence-corrected chi connectivity index (χ0v) is 16.5. The quantitative estimate of drug-likeness (QED) is 0.834. The topological polar surface area (TPSA) is 67.9 Å². The van der Waals surface area contributed by atoms with Crippen LogP contribution in [0, 0.1) is 13.8 Å². The number of amides is 2. The molecule has 1 N–H and O–H groups in total. The fraction of sp³-hybridized carbons (Fsp3) is 0.364.